The standard InChI is InChI=1S/C23H33BrN6O/c1-15-19(24)22(31)30(18-7-3-4-8-18)21-20(15)27-28-23(26-21)25-16-9-11-17(12-10-16)29-13-5-2-6-14-29/h16-18H,2-14H2,1H3,(H,25,26,28). The number of anilines is 1. The van der Waals surface area contributed by atoms with Crippen molar-refractivity contribution in [3.8, 4) is 0 Å². The Bertz CT molecular complexity index is 988. The van der Waals surface area contributed by atoms with Crippen LogP contribution in [-0.4, -0.2) is 49.8 Å². The zero-order valence-electron chi connectivity index (χ0n) is 18.4. The minimum Gasteiger partial charge on any atom is -0.350 e. The highest BCUT2D eigenvalue weighted by atomic mass is 79.9. The van der Waals surface area contributed by atoms with E-state index >= 15 is 0 Å². The number of pyridine rings is 1. The number of nitrogens with one attached hydrogen (secondary N) is 1. The third-order valence-electron chi connectivity index (χ3n) is 7.61. The van der Waals surface area contributed by atoms with Gasteiger partial charge in [0.05, 0.1) is 4.47 Å². The molecule has 0 amide bonds. The molecule has 8 heteroatoms. The Morgan fingerprint density at radius 2 is 1.61 bits per heavy atom. The quantitative estimate of drug-likeness (QED) is 0.678. The SMILES string of the molecule is Cc1c(Br)c(=O)n(C2CCCC2)c2nc(NC3CCC(N4CCCCC4)CC3)nnc12. The van der Waals surface area contributed by atoms with Crippen LogP contribution in [0.5, 0.6) is 0 Å². The monoisotopic (exact) mass is 488 g/mol. The minimum absolute atomic E-state index is 0.00499. The van der Waals surface area contributed by atoms with Crippen molar-refractivity contribution < 1.29 is 0 Å². The molecule has 3 aliphatic rings. The third-order valence-corrected chi connectivity index (χ3v) is 8.55. The van der Waals surface area contributed by atoms with Gasteiger partial charge in [0.25, 0.3) is 5.56 Å². The number of hydrogen-bond donors (Lipinski definition) is 1. The highest BCUT2D eigenvalue weighted by Crippen LogP contribution is 2.32. The third kappa shape index (κ3) is 4.25. The topological polar surface area (TPSA) is 75.9 Å². The van der Waals surface area contributed by atoms with E-state index in [1.54, 1.807) is 0 Å². The lowest BCUT2D eigenvalue weighted by Gasteiger charge is -2.39. The largest absolute Gasteiger partial charge is 0.350 e. The van der Waals surface area contributed by atoms with Crippen LogP contribution in [-0.2, 0) is 0 Å². The molecular formula is C23H33BrN6O. The molecule has 0 radical (unpaired) electrons. The van der Waals surface area contributed by atoms with Gasteiger partial charge in [0.1, 0.15) is 5.52 Å². The lowest BCUT2D eigenvalue weighted by atomic mass is 9.89. The van der Waals surface area contributed by atoms with Crippen molar-refractivity contribution >= 4 is 33.0 Å². The van der Waals surface area contributed by atoms with Gasteiger partial charge in [0.15, 0.2) is 5.65 Å². The molecule has 0 unspecified atom stereocenters. The van der Waals surface area contributed by atoms with Gasteiger partial charge in [-0.05, 0) is 87.3 Å². The molecule has 5 rings (SSSR count). The number of rotatable bonds is 4. The number of fused-ring (bicyclic) bond motifs is 1. The van der Waals surface area contributed by atoms with Gasteiger partial charge in [-0.25, -0.2) is 0 Å². The molecule has 1 saturated heterocycles. The second-order valence-corrected chi connectivity index (χ2v) is 10.4. The summed E-state index contributed by atoms with van der Waals surface area (Å²) in [5.74, 6) is 0.557. The summed E-state index contributed by atoms with van der Waals surface area (Å²) in [6.45, 7) is 4.46. The average molecular weight is 489 g/mol. The van der Waals surface area contributed by atoms with Gasteiger partial charge in [-0.1, -0.05) is 19.3 Å². The van der Waals surface area contributed by atoms with Gasteiger partial charge in [0, 0.05) is 23.7 Å². The summed E-state index contributed by atoms with van der Waals surface area (Å²) in [4.78, 5) is 20.6. The van der Waals surface area contributed by atoms with Crippen molar-refractivity contribution in [2.75, 3.05) is 18.4 Å². The van der Waals surface area contributed by atoms with Gasteiger partial charge < -0.3 is 10.2 Å². The second kappa shape index (κ2) is 9.14. The highest BCUT2D eigenvalue weighted by Gasteiger charge is 2.28. The van der Waals surface area contributed by atoms with Gasteiger partial charge in [0.2, 0.25) is 5.95 Å². The van der Waals surface area contributed by atoms with Crippen molar-refractivity contribution in [1.29, 1.82) is 0 Å². The number of halogens is 1. The Morgan fingerprint density at radius 1 is 0.903 bits per heavy atom. The van der Waals surface area contributed by atoms with Crippen molar-refractivity contribution in [1.82, 2.24) is 24.6 Å². The van der Waals surface area contributed by atoms with Gasteiger partial charge in [-0.3, -0.25) is 9.36 Å². The molecule has 2 aromatic heterocycles. The average Bonchev–Trinajstić information content (AvgIpc) is 3.33. The van der Waals surface area contributed by atoms with Crippen LogP contribution in [0.3, 0.4) is 0 Å². The van der Waals surface area contributed by atoms with E-state index in [1.807, 2.05) is 11.5 Å². The number of aromatic nitrogens is 4. The normalized spacial score (nSPS) is 25.9. The smallest absolute Gasteiger partial charge is 0.267 e. The van der Waals surface area contributed by atoms with Crippen LogP contribution in [0.1, 0.15) is 82.2 Å². The summed E-state index contributed by atoms with van der Waals surface area (Å²) >= 11 is 3.49. The zero-order chi connectivity index (χ0) is 21.4. The van der Waals surface area contributed by atoms with E-state index in [0.717, 1.165) is 55.6 Å². The zero-order valence-corrected chi connectivity index (χ0v) is 20.0. The van der Waals surface area contributed by atoms with E-state index in [1.165, 1.54) is 45.2 Å². The van der Waals surface area contributed by atoms with Gasteiger partial charge >= 0.3 is 0 Å². The molecule has 168 valence electrons. The molecule has 1 N–H and O–H groups in total. The summed E-state index contributed by atoms with van der Waals surface area (Å²) in [7, 11) is 0. The minimum atomic E-state index is 0.00499. The molecule has 2 aromatic rings. The van der Waals surface area contributed by atoms with E-state index in [2.05, 4.69) is 36.3 Å². The molecule has 2 aliphatic carbocycles. The highest BCUT2D eigenvalue weighted by molar-refractivity contribution is 9.10. The molecule has 0 bridgehead atoms. The molecular weight excluding hydrogens is 456 g/mol. The maximum absolute atomic E-state index is 13.1. The predicted octanol–water partition coefficient (Wildman–Crippen LogP) is 4.58. The van der Waals surface area contributed by atoms with E-state index in [-0.39, 0.29) is 11.6 Å². The maximum Gasteiger partial charge on any atom is 0.267 e. The molecule has 1 aliphatic heterocycles. The first-order chi connectivity index (χ1) is 15.1. The number of aryl methyl sites for hydroxylation is 1. The molecule has 7 nitrogen and oxygen atoms in total. The first-order valence-corrected chi connectivity index (χ1v) is 12.9. The Hall–Kier alpha value is -1.54. The fourth-order valence-electron chi connectivity index (χ4n) is 5.81. The van der Waals surface area contributed by atoms with Crippen molar-refractivity contribution in [3.05, 3.63) is 20.4 Å². The Kier molecular flexibility index (Phi) is 6.28. The second-order valence-electron chi connectivity index (χ2n) is 9.61. The molecule has 0 atom stereocenters. The fraction of sp³-hybridized carbons (Fsp3) is 0.739. The van der Waals surface area contributed by atoms with Crippen molar-refractivity contribution in [3.63, 3.8) is 0 Å². The van der Waals surface area contributed by atoms with E-state index in [9.17, 15) is 4.79 Å². The molecule has 31 heavy (non-hydrogen) atoms. The first-order valence-electron chi connectivity index (χ1n) is 12.1. The first kappa shape index (κ1) is 21.3. The summed E-state index contributed by atoms with van der Waals surface area (Å²) in [6, 6.07) is 1.32. The maximum atomic E-state index is 13.1. The summed E-state index contributed by atoms with van der Waals surface area (Å²) in [6.07, 6.45) is 13.2. The van der Waals surface area contributed by atoms with Gasteiger partial charge in [-0.2, -0.15) is 4.98 Å². The van der Waals surface area contributed by atoms with Crippen LogP contribution in [0.25, 0.3) is 11.2 Å². The lowest BCUT2D eigenvalue weighted by molar-refractivity contribution is 0.127. The Labute approximate surface area is 192 Å². The van der Waals surface area contributed by atoms with Crippen LogP contribution in [0.2, 0.25) is 0 Å². The molecule has 3 fully saturated rings. The van der Waals surface area contributed by atoms with Crippen LogP contribution < -0.4 is 10.9 Å². The molecule has 0 aromatic carbocycles. The summed E-state index contributed by atoms with van der Waals surface area (Å²) in [5, 5.41) is 12.4. The van der Waals surface area contributed by atoms with Crippen LogP contribution in [0, 0.1) is 6.92 Å². The lowest BCUT2D eigenvalue weighted by Crippen LogP contribution is -2.43. The van der Waals surface area contributed by atoms with Crippen molar-refractivity contribution in [2.24, 2.45) is 0 Å². The molecule has 2 saturated carbocycles. The van der Waals surface area contributed by atoms with E-state index in [0.29, 0.717) is 22.1 Å². The number of piperidine rings is 1. The number of nitrogens with zero attached hydrogens (tertiary/aromatic N) is 5. The molecule has 3 heterocycles. The van der Waals surface area contributed by atoms with Crippen LogP contribution in [0.15, 0.2) is 9.27 Å². The van der Waals surface area contributed by atoms with E-state index < -0.39 is 0 Å². The Morgan fingerprint density at radius 3 is 2.32 bits per heavy atom. The molecule has 0 spiro atoms. The van der Waals surface area contributed by atoms with Gasteiger partial charge in [-0.15, -0.1) is 10.2 Å². The fourth-order valence-corrected chi connectivity index (χ4v) is 6.19. The predicted molar refractivity (Wildman–Crippen MR) is 127 cm³/mol. The number of hydrogen-bond acceptors (Lipinski definition) is 6. The van der Waals surface area contributed by atoms with Crippen LogP contribution >= 0.6 is 15.9 Å². The summed E-state index contributed by atoms with van der Waals surface area (Å²) < 4.78 is 2.45. The van der Waals surface area contributed by atoms with E-state index in [4.69, 9.17) is 4.98 Å². The Balaban J connectivity index is 1.36. The number of likely N-dealkylation sites (tertiary alicyclic amines) is 1. The van der Waals surface area contributed by atoms with Crippen molar-refractivity contribution in [2.45, 2.75) is 95.7 Å². The summed E-state index contributed by atoms with van der Waals surface area (Å²) in [5.41, 5.74) is 2.23. The van der Waals surface area contributed by atoms with Crippen LogP contribution in [0.4, 0.5) is 5.95 Å².